The molecule has 58 valence electrons. The Balaban J connectivity index is 3.16. The third-order valence-electron chi connectivity index (χ3n) is 1.20. The number of hydrogen-bond donors (Lipinski definition) is 1. The van der Waals surface area contributed by atoms with Crippen molar-refractivity contribution in [2.24, 2.45) is 0 Å². The first-order valence-corrected chi connectivity index (χ1v) is 3.99. The van der Waals surface area contributed by atoms with Crippen LogP contribution in [-0.2, 0) is 0 Å². The average Bonchev–Trinajstić information content (AvgIpc) is 2.04. The summed E-state index contributed by atoms with van der Waals surface area (Å²) >= 11 is 6.13. The highest BCUT2D eigenvalue weighted by Gasteiger charge is 2.01. The molecule has 0 amide bonds. The lowest BCUT2D eigenvalue weighted by Crippen LogP contribution is -1.83. The summed E-state index contributed by atoms with van der Waals surface area (Å²) in [4.78, 5) is 10.8. The molecule has 0 aliphatic heterocycles. The maximum Gasteiger partial charge on any atom is 0.151 e. The van der Waals surface area contributed by atoms with E-state index in [0.717, 1.165) is 0 Å². The molecule has 0 aliphatic carbocycles. The topological polar surface area (TPSA) is 37.3 Å². The zero-order chi connectivity index (χ0) is 8.27. The van der Waals surface area contributed by atoms with E-state index in [0.29, 0.717) is 33.8 Å². The first-order chi connectivity index (χ1) is 5.27. The van der Waals surface area contributed by atoms with Crippen LogP contribution in [0, 0.1) is 0 Å². The normalized spacial score (nSPS) is 9.64. The van der Waals surface area contributed by atoms with Crippen LogP contribution in [0.15, 0.2) is 23.1 Å². The van der Waals surface area contributed by atoms with Crippen molar-refractivity contribution in [1.82, 2.24) is 0 Å². The van der Waals surface area contributed by atoms with E-state index in [1.165, 1.54) is 6.07 Å². The maximum absolute atomic E-state index is 10.3. The third-order valence-corrected chi connectivity index (χ3v) is 1.99. The van der Waals surface area contributed by atoms with Crippen molar-refractivity contribution in [2.75, 3.05) is 0 Å². The van der Waals surface area contributed by atoms with Gasteiger partial charge in [0.25, 0.3) is 0 Å². The van der Waals surface area contributed by atoms with Gasteiger partial charge in [-0.2, -0.15) is 0 Å². The molecule has 0 bridgehead atoms. The zero-order valence-electron chi connectivity index (χ0n) is 5.45. The molecular formula is C7H5ClO2S. The Labute approximate surface area is 73.4 Å². The highest BCUT2D eigenvalue weighted by molar-refractivity contribution is 7.93. The fourth-order valence-corrected chi connectivity index (χ4v) is 1.32. The van der Waals surface area contributed by atoms with Crippen molar-refractivity contribution in [3.63, 3.8) is 0 Å². The molecular weight excluding hydrogens is 184 g/mol. The lowest BCUT2D eigenvalue weighted by Gasteiger charge is -1.98. The summed E-state index contributed by atoms with van der Waals surface area (Å²) in [6.45, 7) is 0. The summed E-state index contributed by atoms with van der Waals surface area (Å²) in [5.41, 5.74) is 0.446. The Hall–Kier alpha value is -0.510. The van der Waals surface area contributed by atoms with E-state index in [9.17, 15) is 4.79 Å². The molecule has 0 spiro atoms. The van der Waals surface area contributed by atoms with Crippen LogP contribution < -0.4 is 0 Å². The van der Waals surface area contributed by atoms with E-state index < -0.39 is 0 Å². The molecule has 0 atom stereocenters. The minimum Gasteiger partial charge on any atom is -0.325 e. The molecule has 0 aromatic heterocycles. The highest BCUT2D eigenvalue weighted by atomic mass is 35.5. The molecule has 0 heterocycles. The standard InChI is InChI=1S/C7H5ClO2S/c8-6-2-1-5(4-9)7(3-6)11-10/h1-4,10H. The van der Waals surface area contributed by atoms with Gasteiger partial charge in [-0.15, -0.1) is 0 Å². The van der Waals surface area contributed by atoms with Gasteiger partial charge in [0.2, 0.25) is 0 Å². The Kier molecular flexibility index (Phi) is 2.93. The van der Waals surface area contributed by atoms with Crippen LogP contribution >= 0.6 is 23.6 Å². The average molecular weight is 189 g/mol. The summed E-state index contributed by atoms with van der Waals surface area (Å²) in [6.07, 6.45) is 0.675. The molecule has 0 saturated heterocycles. The summed E-state index contributed by atoms with van der Waals surface area (Å²) < 4.78 is 8.67. The number of rotatable bonds is 2. The molecule has 0 unspecified atom stereocenters. The minimum absolute atomic E-state index is 0.446. The molecule has 0 saturated carbocycles. The molecule has 1 aromatic rings. The van der Waals surface area contributed by atoms with Crippen LogP contribution in [0.2, 0.25) is 5.02 Å². The first-order valence-electron chi connectivity index (χ1n) is 2.84. The second kappa shape index (κ2) is 3.76. The molecule has 1 rings (SSSR count). The van der Waals surface area contributed by atoms with Crippen molar-refractivity contribution < 1.29 is 9.35 Å². The quantitative estimate of drug-likeness (QED) is 0.573. The van der Waals surface area contributed by atoms with Gasteiger partial charge in [-0.3, -0.25) is 4.79 Å². The number of hydrogen-bond acceptors (Lipinski definition) is 3. The SMILES string of the molecule is O=Cc1ccc(Cl)cc1SO. The van der Waals surface area contributed by atoms with E-state index >= 15 is 0 Å². The van der Waals surface area contributed by atoms with Crippen LogP contribution in [0.3, 0.4) is 0 Å². The maximum atomic E-state index is 10.3. The van der Waals surface area contributed by atoms with E-state index in [4.69, 9.17) is 16.2 Å². The molecule has 1 N–H and O–H groups in total. The Morgan fingerprint density at radius 2 is 2.27 bits per heavy atom. The zero-order valence-corrected chi connectivity index (χ0v) is 7.02. The largest absolute Gasteiger partial charge is 0.325 e. The summed E-state index contributed by atoms with van der Waals surface area (Å²) in [6, 6.07) is 4.70. The van der Waals surface area contributed by atoms with Crippen molar-refractivity contribution in [3.8, 4) is 0 Å². The van der Waals surface area contributed by atoms with Gasteiger partial charge in [0.15, 0.2) is 6.29 Å². The Morgan fingerprint density at radius 1 is 1.55 bits per heavy atom. The molecule has 11 heavy (non-hydrogen) atoms. The number of halogens is 1. The van der Waals surface area contributed by atoms with Gasteiger partial charge >= 0.3 is 0 Å². The van der Waals surface area contributed by atoms with Crippen LogP contribution in [-0.4, -0.2) is 10.8 Å². The molecule has 0 radical (unpaired) electrons. The van der Waals surface area contributed by atoms with Gasteiger partial charge < -0.3 is 4.55 Å². The van der Waals surface area contributed by atoms with Crippen LogP contribution in [0.5, 0.6) is 0 Å². The Morgan fingerprint density at radius 3 is 2.82 bits per heavy atom. The van der Waals surface area contributed by atoms with Gasteiger partial charge in [-0.05, 0) is 18.2 Å². The number of carbonyl (C=O) groups is 1. The highest BCUT2D eigenvalue weighted by Crippen LogP contribution is 2.22. The minimum atomic E-state index is 0.446. The summed E-state index contributed by atoms with van der Waals surface area (Å²) in [5.74, 6) is 0. The van der Waals surface area contributed by atoms with Crippen molar-refractivity contribution in [3.05, 3.63) is 28.8 Å². The van der Waals surface area contributed by atoms with Crippen molar-refractivity contribution in [1.29, 1.82) is 0 Å². The fraction of sp³-hybridized carbons (Fsp3) is 0. The van der Waals surface area contributed by atoms with Gasteiger partial charge in [-0.25, -0.2) is 0 Å². The second-order valence-electron chi connectivity index (χ2n) is 1.89. The number of benzene rings is 1. The van der Waals surface area contributed by atoms with Gasteiger partial charge in [0.1, 0.15) is 0 Å². The monoisotopic (exact) mass is 188 g/mol. The van der Waals surface area contributed by atoms with Gasteiger partial charge in [-0.1, -0.05) is 11.6 Å². The number of carbonyl (C=O) groups excluding carboxylic acids is 1. The summed E-state index contributed by atoms with van der Waals surface area (Å²) in [7, 11) is 0. The molecule has 0 aliphatic rings. The molecule has 0 fully saturated rings. The van der Waals surface area contributed by atoms with Crippen molar-refractivity contribution in [2.45, 2.75) is 4.90 Å². The lowest BCUT2D eigenvalue weighted by molar-refractivity contribution is 0.112. The Bertz CT molecular complexity index is 275. The van der Waals surface area contributed by atoms with E-state index in [2.05, 4.69) is 0 Å². The van der Waals surface area contributed by atoms with Crippen molar-refractivity contribution >= 4 is 29.9 Å². The predicted molar refractivity (Wildman–Crippen MR) is 45.3 cm³/mol. The third kappa shape index (κ3) is 1.96. The van der Waals surface area contributed by atoms with Gasteiger partial charge in [0.05, 0.1) is 0 Å². The predicted octanol–water partition coefficient (Wildman–Crippen LogP) is 2.72. The smallest absolute Gasteiger partial charge is 0.151 e. The second-order valence-corrected chi connectivity index (χ2v) is 2.95. The van der Waals surface area contributed by atoms with Gasteiger partial charge in [0, 0.05) is 27.5 Å². The summed E-state index contributed by atoms with van der Waals surface area (Å²) in [5, 5.41) is 0.507. The molecule has 2 nitrogen and oxygen atoms in total. The van der Waals surface area contributed by atoms with E-state index in [-0.39, 0.29) is 0 Å². The molecule has 1 aromatic carbocycles. The molecule has 4 heteroatoms. The van der Waals surface area contributed by atoms with E-state index in [1.54, 1.807) is 12.1 Å². The first kappa shape index (κ1) is 8.59. The number of aldehydes is 1. The van der Waals surface area contributed by atoms with Crippen LogP contribution in [0.25, 0.3) is 0 Å². The van der Waals surface area contributed by atoms with Crippen LogP contribution in [0.1, 0.15) is 10.4 Å². The fourth-order valence-electron chi connectivity index (χ4n) is 0.685. The lowest BCUT2D eigenvalue weighted by atomic mass is 10.2. The van der Waals surface area contributed by atoms with Crippen LogP contribution in [0.4, 0.5) is 0 Å². The van der Waals surface area contributed by atoms with E-state index in [1.807, 2.05) is 0 Å².